The Kier molecular flexibility index (Phi) is 6.30. The van der Waals surface area contributed by atoms with Crippen LogP contribution < -0.4 is 4.74 Å². The number of pyridine rings is 1. The first-order valence-corrected chi connectivity index (χ1v) is 10.5. The van der Waals surface area contributed by atoms with Crippen LogP contribution >= 0.6 is 35.0 Å². The Bertz CT molecular complexity index is 1090. The SMILES string of the molecule is Clc1ccc(Oc2cc(CSc3ccc(Cl)cc3)nc(-c3cccnc3)n2)cc1. The summed E-state index contributed by atoms with van der Waals surface area (Å²) >= 11 is 13.6. The van der Waals surface area contributed by atoms with Gasteiger partial charge in [-0.15, -0.1) is 11.8 Å². The molecule has 0 saturated heterocycles. The van der Waals surface area contributed by atoms with Crippen molar-refractivity contribution < 1.29 is 4.74 Å². The topological polar surface area (TPSA) is 47.9 Å². The molecule has 2 aromatic carbocycles. The summed E-state index contributed by atoms with van der Waals surface area (Å²) in [6.07, 6.45) is 3.45. The molecule has 144 valence electrons. The molecule has 4 aromatic rings. The van der Waals surface area contributed by atoms with Crippen LogP contribution in [0.25, 0.3) is 11.4 Å². The van der Waals surface area contributed by atoms with Crippen molar-refractivity contribution in [2.24, 2.45) is 0 Å². The normalized spacial score (nSPS) is 10.7. The molecule has 2 aromatic heterocycles. The quantitative estimate of drug-likeness (QED) is 0.304. The molecular formula is C22H15Cl2N3OS. The average Bonchev–Trinajstić information content (AvgIpc) is 2.75. The van der Waals surface area contributed by atoms with Crippen LogP contribution in [0.2, 0.25) is 10.0 Å². The van der Waals surface area contributed by atoms with Crippen LogP contribution in [0.1, 0.15) is 5.69 Å². The van der Waals surface area contributed by atoms with Crippen molar-refractivity contribution in [1.82, 2.24) is 15.0 Å². The summed E-state index contributed by atoms with van der Waals surface area (Å²) in [5.74, 6) is 2.35. The number of hydrogen-bond acceptors (Lipinski definition) is 5. The zero-order chi connectivity index (χ0) is 20.1. The smallest absolute Gasteiger partial charge is 0.223 e. The zero-order valence-electron chi connectivity index (χ0n) is 15.1. The highest BCUT2D eigenvalue weighted by molar-refractivity contribution is 7.98. The molecule has 7 heteroatoms. The number of benzene rings is 2. The molecule has 0 aliphatic heterocycles. The minimum absolute atomic E-state index is 0.466. The van der Waals surface area contributed by atoms with Gasteiger partial charge in [0, 0.05) is 44.7 Å². The molecule has 0 saturated carbocycles. The Morgan fingerprint density at radius 1 is 0.862 bits per heavy atom. The third-order valence-corrected chi connectivity index (χ3v) is 5.46. The maximum absolute atomic E-state index is 5.96. The van der Waals surface area contributed by atoms with Crippen molar-refractivity contribution in [2.45, 2.75) is 10.6 Å². The molecule has 0 bridgehead atoms. The van der Waals surface area contributed by atoms with Crippen LogP contribution in [0.5, 0.6) is 11.6 Å². The molecule has 4 nitrogen and oxygen atoms in total. The van der Waals surface area contributed by atoms with E-state index in [9.17, 15) is 0 Å². The predicted octanol–water partition coefficient (Wildman–Crippen LogP) is 6.93. The molecule has 0 atom stereocenters. The Hall–Kier alpha value is -2.60. The van der Waals surface area contributed by atoms with Gasteiger partial charge >= 0.3 is 0 Å². The lowest BCUT2D eigenvalue weighted by molar-refractivity contribution is 0.461. The lowest BCUT2D eigenvalue weighted by Gasteiger charge is -2.10. The van der Waals surface area contributed by atoms with Crippen LogP contribution in [0, 0.1) is 0 Å². The van der Waals surface area contributed by atoms with Gasteiger partial charge in [-0.3, -0.25) is 4.98 Å². The van der Waals surface area contributed by atoms with Crippen LogP contribution in [0.4, 0.5) is 0 Å². The summed E-state index contributed by atoms with van der Waals surface area (Å²) < 4.78 is 5.95. The van der Waals surface area contributed by atoms with E-state index in [1.165, 1.54) is 0 Å². The number of ether oxygens (including phenoxy) is 1. The van der Waals surface area contributed by atoms with E-state index in [0.29, 0.717) is 33.3 Å². The van der Waals surface area contributed by atoms with Crippen molar-refractivity contribution in [2.75, 3.05) is 0 Å². The van der Waals surface area contributed by atoms with Crippen LogP contribution in [0.15, 0.2) is 84.0 Å². The van der Waals surface area contributed by atoms with E-state index < -0.39 is 0 Å². The van der Waals surface area contributed by atoms with Gasteiger partial charge in [-0.25, -0.2) is 4.98 Å². The van der Waals surface area contributed by atoms with Gasteiger partial charge in [0.2, 0.25) is 5.88 Å². The van der Waals surface area contributed by atoms with E-state index in [4.69, 9.17) is 32.9 Å². The Morgan fingerprint density at radius 3 is 2.28 bits per heavy atom. The number of rotatable bonds is 6. The first-order valence-electron chi connectivity index (χ1n) is 8.76. The first-order chi connectivity index (χ1) is 14.2. The largest absolute Gasteiger partial charge is 0.439 e. The molecule has 0 fully saturated rings. The van der Waals surface area contributed by atoms with Crippen molar-refractivity contribution in [3.63, 3.8) is 0 Å². The van der Waals surface area contributed by atoms with Gasteiger partial charge in [0.25, 0.3) is 0 Å². The third kappa shape index (κ3) is 5.48. The number of halogens is 2. The van der Waals surface area contributed by atoms with Gasteiger partial charge in [0.15, 0.2) is 5.82 Å². The van der Waals surface area contributed by atoms with Gasteiger partial charge in [0.1, 0.15) is 5.75 Å². The number of aromatic nitrogens is 3. The molecule has 0 N–H and O–H groups in total. The van der Waals surface area contributed by atoms with Crippen molar-refractivity contribution >= 4 is 35.0 Å². The second kappa shape index (κ2) is 9.27. The van der Waals surface area contributed by atoms with Crippen LogP contribution in [-0.2, 0) is 5.75 Å². The van der Waals surface area contributed by atoms with Crippen molar-refractivity contribution in [3.8, 4) is 23.0 Å². The van der Waals surface area contributed by atoms with Crippen LogP contribution in [0.3, 0.4) is 0 Å². The molecular weight excluding hydrogens is 425 g/mol. The van der Waals surface area contributed by atoms with E-state index in [1.54, 1.807) is 48.4 Å². The van der Waals surface area contributed by atoms with E-state index in [0.717, 1.165) is 16.2 Å². The maximum atomic E-state index is 5.96. The van der Waals surface area contributed by atoms with Gasteiger partial charge in [0.05, 0.1) is 5.69 Å². The molecule has 0 radical (unpaired) electrons. The fourth-order valence-electron chi connectivity index (χ4n) is 2.53. The third-order valence-electron chi connectivity index (χ3n) is 3.91. The predicted molar refractivity (Wildman–Crippen MR) is 118 cm³/mol. The molecule has 0 aliphatic rings. The first kappa shape index (κ1) is 19.7. The lowest BCUT2D eigenvalue weighted by atomic mass is 10.2. The molecule has 0 spiro atoms. The summed E-state index contributed by atoms with van der Waals surface area (Å²) in [5, 5.41) is 1.37. The fourth-order valence-corrected chi connectivity index (χ4v) is 3.58. The Labute approximate surface area is 182 Å². The molecule has 4 rings (SSSR count). The maximum Gasteiger partial charge on any atom is 0.223 e. The zero-order valence-corrected chi connectivity index (χ0v) is 17.5. The Balaban J connectivity index is 1.62. The van der Waals surface area contributed by atoms with Gasteiger partial charge in [-0.1, -0.05) is 23.2 Å². The molecule has 0 aliphatic carbocycles. The summed E-state index contributed by atoms with van der Waals surface area (Å²) in [4.78, 5) is 14.5. The van der Waals surface area contributed by atoms with Gasteiger partial charge in [-0.2, -0.15) is 4.98 Å². The summed E-state index contributed by atoms with van der Waals surface area (Å²) in [6.45, 7) is 0. The van der Waals surface area contributed by atoms with E-state index in [2.05, 4.69) is 9.97 Å². The average molecular weight is 440 g/mol. The second-order valence-electron chi connectivity index (χ2n) is 6.06. The monoisotopic (exact) mass is 439 g/mol. The van der Waals surface area contributed by atoms with Crippen LogP contribution in [-0.4, -0.2) is 15.0 Å². The molecule has 2 heterocycles. The highest BCUT2D eigenvalue weighted by atomic mass is 35.5. The fraction of sp³-hybridized carbons (Fsp3) is 0.0455. The second-order valence-corrected chi connectivity index (χ2v) is 7.98. The highest BCUT2D eigenvalue weighted by Gasteiger charge is 2.10. The molecule has 29 heavy (non-hydrogen) atoms. The van der Waals surface area contributed by atoms with E-state index >= 15 is 0 Å². The summed E-state index contributed by atoms with van der Waals surface area (Å²) in [5.41, 5.74) is 1.68. The van der Waals surface area contributed by atoms with E-state index in [1.807, 2.05) is 42.5 Å². The number of nitrogens with zero attached hydrogens (tertiary/aromatic N) is 3. The van der Waals surface area contributed by atoms with Gasteiger partial charge in [-0.05, 0) is 60.7 Å². The van der Waals surface area contributed by atoms with Crippen molar-refractivity contribution in [1.29, 1.82) is 0 Å². The standard InChI is InChI=1S/C22H15Cl2N3OS/c23-16-3-7-19(8-4-16)28-21-12-18(14-29-20-9-5-17(24)6-10-20)26-22(27-21)15-2-1-11-25-13-15/h1-13H,14H2. The Morgan fingerprint density at radius 2 is 1.59 bits per heavy atom. The minimum Gasteiger partial charge on any atom is -0.439 e. The minimum atomic E-state index is 0.466. The highest BCUT2D eigenvalue weighted by Crippen LogP contribution is 2.28. The number of thioether (sulfide) groups is 1. The van der Waals surface area contributed by atoms with E-state index in [-0.39, 0.29) is 0 Å². The lowest BCUT2D eigenvalue weighted by Crippen LogP contribution is -1.98. The summed E-state index contributed by atoms with van der Waals surface area (Å²) in [7, 11) is 0. The molecule has 0 amide bonds. The van der Waals surface area contributed by atoms with Gasteiger partial charge < -0.3 is 4.74 Å². The van der Waals surface area contributed by atoms with Crippen molar-refractivity contribution in [3.05, 3.63) is 94.9 Å². The number of hydrogen-bond donors (Lipinski definition) is 0. The molecule has 0 unspecified atom stereocenters. The summed E-state index contributed by atoms with van der Waals surface area (Å²) in [6, 6.07) is 20.5.